The topological polar surface area (TPSA) is 98.4 Å². The maximum atomic E-state index is 11.2. The molecule has 0 radical (unpaired) electrons. The maximum Gasteiger partial charge on any atom is 0.327 e. The Labute approximate surface area is 163 Å². The third-order valence-corrected chi connectivity index (χ3v) is 3.18. The van der Waals surface area contributed by atoms with Crippen molar-refractivity contribution in [2.24, 2.45) is 4.99 Å². The number of carbonyl (C=O) groups is 1. The van der Waals surface area contributed by atoms with Crippen LogP contribution in [0.3, 0.4) is 0 Å². The van der Waals surface area contributed by atoms with Gasteiger partial charge < -0.3 is 19.9 Å². The second-order valence-electron chi connectivity index (χ2n) is 5.03. The third kappa shape index (κ3) is 7.54. The molecule has 0 unspecified atom stereocenters. The lowest BCUT2D eigenvalue weighted by atomic mass is 10.5. The van der Waals surface area contributed by atoms with E-state index in [0.29, 0.717) is 18.2 Å². The molecule has 0 aliphatic heterocycles. The second kappa shape index (κ2) is 11.4. The number of hydrogen-bond donors (Lipinski definition) is 2. The Bertz CT molecular complexity index is 655. The number of carbonyl (C=O) groups excluding carboxylic acids is 1. The smallest absolute Gasteiger partial charge is 0.327 e. The lowest BCUT2D eigenvalue weighted by molar-refractivity contribution is -0.141. The van der Waals surface area contributed by atoms with E-state index in [1.165, 1.54) is 11.8 Å². The molecule has 0 aliphatic carbocycles. The zero-order valence-electron chi connectivity index (χ0n) is 14.4. The van der Waals surface area contributed by atoms with Gasteiger partial charge in [0.1, 0.15) is 12.2 Å². The molecule has 0 saturated heterocycles. The van der Waals surface area contributed by atoms with E-state index in [1.54, 1.807) is 6.20 Å². The van der Waals surface area contributed by atoms with Crippen molar-refractivity contribution in [2.45, 2.75) is 26.6 Å². The first-order chi connectivity index (χ1) is 11.7. The van der Waals surface area contributed by atoms with Crippen LogP contribution in [0.4, 0.5) is 0 Å². The van der Waals surface area contributed by atoms with E-state index in [4.69, 9.17) is 0 Å². The summed E-state index contributed by atoms with van der Waals surface area (Å²) in [5.74, 6) is 0.349. The summed E-state index contributed by atoms with van der Waals surface area (Å²) in [7, 11) is 1.34. The van der Waals surface area contributed by atoms with Gasteiger partial charge in [-0.15, -0.1) is 29.1 Å². The number of halogens is 1. The second-order valence-corrected chi connectivity index (χ2v) is 5.03. The monoisotopic (exact) mass is 461 g/mol. The minimum absolute atomic E-state index is 0. The Morgan fingerprint density at radius 3 is 2.76 bits per heavy atom. The van der Waals surface area contributed by atoms with Gasteiger partial charge in [0.25, 0.3) is 0 Å². The molecule has 10 heteroatoms. The zero-order valence-corrected chi connectivity index (χ0v) is 16.7. The zero-order chi connectivity index (χ0) is 17.2. The molecule has 9 nitrogen and oxygen atoms in total. The number of nitrogens with zero attached hydrogens (tertiary/aromatic N) is 5. The van der Waals surface area contributed by atoms with E-state index in [1.807, 2.05) is 31.5 Å². The first kappa shape index (κ1) is 20.9. The van der Waals surface area contributed by atoms with Crippen LogP contribution in [0.5, 0.6) is 0 Å². The minimum atomic E-state index is -0.366. The van der Waals surface area contributed by atoms with Gasteiger partial charge in [0.2, 0.25) is 0 Å². The Morgan fingerprint density at radius 2 is 2.08 bits per heavy atom. The minimum Gasteiger partial charge on any atom is -0.468 e. The van der Waals surface area contributed by atoms with Gasteiger partial charge in [0.15, 0.2) is 5.96 Å². The number of hydrogen-bond acceptors (Lipinski definition) is 5. The summed E-state index contributed by atoms with van der Waals surface area (Å²) < 4.78 is 8.12. The predicted octanol–water partition coefficient (Wildman–Crippen LogP) is 0.626. The van der Waals surface area contributed by atoms with Crippen molar-refractivity contribution in [3.63, 3.8) is 0 Å². The standard InChI is InChI=1S/C15H23N7O2.HI/c1-3-16-15(17-6-9-21-7-4-5-8-21)18-10-13-11-22(20-19-13)12-14(23)24-2;/h4-5,7-8,11H,3,6,9-10,12H2,1-2H3,(H2,16,17,18);1H. The fraction of sp³-hybridized carbons (Fsp3) is 0.467. The fourth-order valence-electron chi connectivity index (χ4n) is 2.01. The fourth-order valence-corrected chi connectivity index (χ4v) is 2.01. The summed E-state index contributed by atoms with van der Waals surface area (Å²) in [4.78, 5) is 15.7. The van der Waals surface area contributed by atoms with Gasteiger partial charge in [0.05, 0.1) is 19.9 Å². The molecule has 0 saturated carbocycles. The molecule has 0 amide bonds. The first-order valence-electron chi connectivity index (χ1n) is 7.80. The number of esters is 1. The number of aromatic nitrogens is 4. The molecule has 2 N–H and O–H groups in total. The maximum absolute atomic E-state index is 11.2. The van der Waals surface area contributed by atoms with Crippen LogP contribution in [0, 0.1) is 0 Å². The summed E-state index contributed by atoms with van der Waals surface area (Å²) in [6, 6.07) is 3.99. The highest BCUT2D eigenvalue weighted by Gasteiger charge is 2.06. The van der Waals surface area contributed by atoms with Crippen LogP contribution >= 0.6 is 24.0 Å². The van der Waals surface area contributed by atoms with Gasteiger partial charge in [0, 0.05) is 32.0 Å². The van der Waals surface area contributed by atoms with E-state index in [2.05, 4.69) is 35.2 Å². The number of aliphatic imine (C=N–C) groups is 1. The summed E-state index contributed by atoms with van der Waals surface area (Å²) in [6.45, 7) is 4.81. The quantitative estimate of drug-likeness (QED) is 0.259. The predicted molar refractivity (Wildman–Crippen MR) is 105 cm³/mol. The highest BCUT2D eigenvalue weighted by molar-refractivity contribution is 14.0. The van der Waals surface area contributed by atoms with Crippen LogP contribution in [0.15, 0.2) is 35.7 Å². The van der Waals surface area contributed by atoms with Crippen LogP contribution in [0.25, 0.3) is 0 Å². The van der Waals surface area contributed by atoms with Gasteiger partial charge in [-0.1, -0.05) is 5.21 Å². The van der Waals surface area contributed by atoms with Crippen molar-refractivity contribution >= 4 is 35.9 Å². The Balaban J connectivity index is 0.00000312. The van der Waals surface area contributed by atoms with E-state index >= 15 is 0 Å². The molecule has 0 atom stereocenters. The van der Waals surface area contributed by atoms with Gasteiger partial charge in [-0.3, -0.25) is 4.79 Å². The highest BCUT2D eigenvalue weighted by atomic mass is 127. The number of guanidine groups is 1. The molecule has 138 valence electrons. The van der Waals surface area contributed by atoms with Gasteiger partial charge in [-0.2, -0.15) is 0 Å². The van der Waals surface area contributed by atoms with Gasteiger partial charge in [-0.25, -0.2) is 9.67 Å². The first-order valence-corrected chi connectivity index (χ1v) is 7.80. The lowest BCUT2D eigenvalue weighted by Crippen LogP contribution is -2.38. The normalized spacial score (nSPS) is 10.9. The van der Waals surface area contributed by atoms with E-state index in [-0.39, 0.29) is 36.5 Å². The van der Waals surface area contributed by atoms with E-state index in [0.717, 1.165) is 19.6 Å². The number of methoxy groups -OCH3 is 1. The largest absolute Gasteiger partial charge is 0.468 e. The lowest BCUT2D eigenvalue weighted by Gasteiger charge is -2.11. The number of nitrogens with one attached hydrogen (secondary N) is 2. The molecule has 2 heterocycles. The molecule has 2 aromatic rings. The molecule has 0 aromatic carbocycles. The molecule has 0 aliphatic rings. The molecule has 0 bridgehead atoms. The SMILES string of the molecule is CCNC(=NCc1cn(CC(=O)OC)nn1)NCCn1cccc1.I. The van der Waals surface area contributed by atoms with E-state index < -0.39 is 0 Å². The molecular formula is C15H24IN7O2. The summed E-state index contributed by atoms with van der Waals surface area (Å²) in [5, 5.41) is 14.3. The van der Waals surface area contributed by atoms with Crippen LogP contribution < -0.4 is 10.6 Å². The Kier molecular flexibility index (Phi) is 9.58. The average Bonchev–Trinajstić information content (AvgIpc) is 3.24. The molecule has 25 heavy (non-hydrogen) atoms. The summed E-state index contributed by atoms with van der Waals surface area (Å²) in [5.41, 5.74) is 0.682. The molecule has 2 rings (SSSR count). The van der Waals surface area contributed by atoms with Crippen molar-refractivity contribution in [1.82, 2.24) is 30.2 Å². The van der Waals surface area contributed by atoms with Crippen molar-refractivity contribution < 1.29 is 9.53 Å². The summed E-state index contributed by atoms with van der Waals surface area (Å²) in [6.07, 6.45) is 5.72. The number of ether oxygens (including phenoxy) is 1. The number of rotatable bonds is 8. The van der Waals surface area contributed by atoms with Crippen molar-refractivity contribution in [2.75, 3.05) is 20.2 Å². The highest BCUT2D eigenvalue weighted by Crippen LogP contribution is 1.96. The molecular weight excluding hydrogens is 437 g/mol. The average molecular weight is 461 g/mol. The Morgan fingerprint density at radius 1 is 1.32 bits per heavy atom. The van der Waals surface area contributed by atoms with Crippen molar-refractivity contribution in [1.29, 1.82) is 0 Å². The van der Waals surface area contributed by atoms with Crippen LogP contribution in [0.2, 0.25) is 0 Å². The van der Waals surface area contributed by atoms with Crippen LogP contribution in [0.1, 0.15) is 12.6 Å². The van der Waals surface area contributed by atoms with Crippen LogP contribution in [-0.2, 0) is 29.2 Å². The van der Waals surface area contributed by atoms with Gasteiger partial charge in [-0.05, 0) is 19.1 Å². The van der Waals surface area contributed by atoms with Gasteiger partial charge >= 0.3 is 5.97 Å². The molecule has 2 aromatic heterocycles. The van der Waals surface area contributed by atoms with Crippen molar-refractivity contribution in [3.05, 3.63) is 36.4 Å². The van der Waals surface area contributed by atoms with Crippen molar-refractivity contribution in [3.8, 4) is 0 Å². The summed E-state index contributed by atoms with van der Waals surface area (Å²) >= 11 is 0. The Hall–Kier alpha value is -2.11. The third-order valence-electron chi connectivity index (χ3n) is 3.18. The van der Waals surface area contributed by atoms with Crippen LogP contribution in [-0.4, -0.2) is 51.7 Å². The molecule has 0 fully saturated rings. The molecule has 0 spiro atoms. The van der Waals surface area contributed by atoms with E-state index in [9.17, 15) is 4.79 Å².